The zero-order valence-electron chi connectivity index (χ0n) is 11.8. The zero-order chi connectivity index (χ0) is 13.9. The minimum Gasteiger partial charge on any atom is -0.484 e. The van der Waals surface area contributed by atoms with Gasteiger partial charge in [0.2, 0.25) is 0 Å². The summed E-state index contributed by atoms with van der Waals surface area (Å²) in [5.74, 6) is 1.57. The topological polar surface area (TPSA) is 45.3 Å². The number of nitrogens with one attached hydrogen (secondary N) is 1. The fraction of sp³-hybridized carbons (Fsp3) is 0.438. The monoisotopic (exact) mass is 272 g/mol. The maximum Gasteiger partial charge on any atom is 0.260 e. The maximum absolute atomic E-state index is 12.1. The lowest BCUT2D eigenvalue weighted by atomic mass is 9.99. The quantitative estimate of drug-likeness (QED) is 0.933. The lowest BCUT2D eigenvalue weighted by molar-refractivity contribution is -0.134. The van der Waals surface area contributed by atoms with Crippen molar-refractivity contribution in [1.82, 2.24) is 9.88 Å². The number of likely N-dealkylation sites (tertiary alicyclic amines) is 1. The van der Waals surface area contributed by atoms with Crippen LogP contribution in [0.5, 0.6) is 5.75 Å². The summed E-state index contributed by atoms with van der Waals surface area (Å²) in [4.78, 5) is 17.1. The Bertz CT molecular complexity index is 597. The largest absolute Gasteiger partial charge is 0.484 e. The van der Waals surface area contributed by atoms with Crippen LogP contribution < -0.4 is 4.74 Å². The molecular formula is C16H20N2O2. The number of nitrogens with zero attached hydrogens (tertiary/aromatic N) is 1. The Morgan fingerprint density at radius 2 is 2.15 bits per heavy atom. The van der Waals surface area contributed by atoms with E-state index in [9.17, 15) is 4.79 Å². The Labute approximate surface area is 118 Å². The van der Waals surface area contributed by atoms with E-state index in [-0.39, 0.29) is 12.5 Å². The number of rotatable bonds is 3. The third-order valence-corrected chi connectivity index (χ3v) is 4.02. The number of piperidine rings is 1. The van der Waals surface area contributed by atoms with Crippen molar-refractivity contribution in [1.29, 1.82) is 0 Å². The second-order valence-corrected chi connectivity index (χ2v) is 5.58. The van der Waals surface area contributed by atoms with Crippen LogP contribution in [0.3, 0.4) is 0 Å². The summed E-state index contributed by atoms with van der Waals surface area (Å²) in [5, 5.41) is 1.10. The van der Waals surface area contributed by atoms with Gasteiger partial charge in [-0.3, -0.25) is 4.79 Å². The molecule has 2 aromatic rings. The van der Waals surface area contributed by atoms with Gasteiger partial charge >= 0.3 is 0 Å². The number of aromatic nitrogens is 1. The van der Waals surface area contributed by atoms with Gasteiger partial charge in [-0.2, -0.15) is 0 Å². The molecule has 1 aliphatic heterocycles. The van der Waals surface area contributed by atoms with E-state index in [1.54, 1.807) is 0 Å². The van der Waals surface area contributed by atoms with Gasteiger partial charge in [0.05, 0.1) is 0 Å². The van der Waals surface area contributed by atoms with Gasteiger partial charge in [0.25, 0.3) is 5.91 Å². The first kappa shape index (κ1) is 13.0. The van der Waals surface area contributed by atoms with Crippen LogP contribution in [0.25, 0.3) is 10.9 Å². The van der Waals surface area contributed by atoms with E-state index in [0.29, 0.717) is 0 Å². The summed E-state index contributed by atoms with van der Waals surface area (Å²) in [6.07, 6.45) is 4.09. The van der Waals surface area contributed by atoms with E-state index in [2.05, 4.69) is 11.9 Å². The van der Waals surface area contributed by atoms with Crippen LogP contribution in [0.15, 0.2) is 30.5 Å². The smallest absolute Gasteiger partial charge is 0.260 e. The molecule has 0 unspecified atom stereocenters. The molecule has 0 spiro atoms. The van der Waals surface area contributed by atoms with Crippen LogP contribution in [-0.4, -0.2) is 35.5 Å². The Hall–Kier alpha value is -1.97. The van der Waals surface area contributed by atoms with Gasteiger partial charge in [-0.1, -0.05) is 6.92 Å². The molecule has 1 N–H and O–H groups in total. The van der Waals surface area contributed by atoms with Crippen molar-refractivity contribution in [2.45, 2.75) is 19.8 Å². The van der Waals surface area contributed by atoms with E-state index in [4.69, 9.17) is 4.74 Å². The highest BCUT2D eigenvalue weighted by Gasteiger charge is 2.20. The maximum atomic E-state index is 12.1. The highest BCUT2D eigenvalue weighted by atomic mass is 16.5. The van der Waals surface area contributed by atoms with Crippen LogP contribution in [-0.2, 0) is 4.79 Å². The second-order valence-electron chi connectivity index (χ2n) is 5.58. The Kier molecular flexibility index (Phi) is 3.63. The predicted molar refractivity (Wildman–Crippen MR) is 78.8 cm³/mol. The molecule has 0 aliphatic carbocycles. The van der Waals surface area contributed by atoms with Gasteiger partial charge in [0.1, 0.15) is 5.75 Å². The van der Waals surface area contributed by atoms with E-state index in [1.165, 1.54) is 0 Å². The lowest BCUT2D eigenvalue weighted by Crippen LogP contribution is -2.40. The summed E-state index contributed by atoms with van der Waals surface area (Å²) in [5.41, 5.74) is 1.08. The van der Waals surface area contributed by atoms with Gasteiger partial charge in [0.15, 0.2) is 6.61 Å². The third kappa shape index (κ3) is 2.79. The molecule has 4 nitrogen and oxygen atoms in total. The number of hydrogen-bond donors (Lipinski definition) is 1. The fourth-order valence-electron chi connectivity index (χ4n) is 2.62. The van der Waals surface area contributed by atoms with E-state index < -0.39 is 0 Å². The van der Waals surface area contributed by atoms with Gasteiger partial charge in [-0.05, 0) is 43.0 Å². The van der Waals surface area contributed by atoms with Crippen molar-refractivity contribution in [3.63, 3.8) is 0 Å². The number of carbonyl (C=O) groups excluding carboxylic acids is 1. The molecule has 2 heterocycles. The van der Waals surface area contributed by atoms with Gasteiger partial charge in [-0.25, -0.2) is 0 Å². The van der Waals surface area contributed by atoms with Gasteiger partial charge < -0.3 is 14.6 Å². The van der Waals surface area contributed by atoms with Crippen LogP contribution in [0.1, 0.15) is 19.8 Å². The summed E-state index contributed by atoms with van der Waals surface area (Å²) >= 11 is 0. The summed E-state index contributed by atoms with van der Waals surface area (Å²) < 4.78 is 5.62. The summed E-state index contributed by atoms with van der Waals surface area (Å²) in [6, 6.07) is 7.82. The average Bonchev–Trinajstić information content (AvgIpc) is 2.93. The fourth-order valence-corrected chi connectivity index (χ4v) is 2.62. The van der Waals surface area contributed by atoms with Gasteiger partial charge in [0, 0.05) is 30.2 Å². The molecule has 1 aromatic carbocycles. The molecule has 106 valence electrons. The van der Waals surface area contributed by atoms with Crippen molar-refractivity contribution in [3.8, 4) is 5.75 Å². The third-order valence-electron chi connectivity index (χ3n) is 4.02. The molecule has 0 atom stereocenters. The molecule has 4 heteroatoms. The first-order valence-electron chi connectivity index (χ1n) is 7.20. The Morgan fingerprint density at radius 3 is 2.95 bits per heavy atom. The molecule has 20 heavy (non-hydrogen) atoms. The Morgan fingerprint density at radius 1 is 1.35 bits per heavy atom. The molecular weight excluding hydrogens is 252 g/mol. The molecule has 1 aromatic heterocycles. The highest BCUT2D eigenvalue weighted by molar-refractivity contribution is 5.81. The van der Waals surface area contributed by atoms with E-state index >= 15 is 0 Å². The number of H-pyrrole nitrogens is 1. The van der Waals surface area contributed by atoms with Gasteiger partial charge in [-0.15, -0.1) is 0 Å². The lowest BCUT2D eigenvalue weighted by Gasteiger charge is -2.30. The van der Waals surface area contributed by atoms with Crippen molar-refractivity contribution < 1.29 is 9.53 Å². The number of amides is 1. The number of ether oxygens (including phenoxy) is 1. The number of fused-ring (bicyclic) bond motifs is 1. The number of benzene rings is 1. The number of aromatic amines is 1. The average molecular weight is 272 g/mol. The van der Waals surface area contributed by atoms with E-state index in [0.717, 1.165) is 48.5 Å². The van der Waals surface area contributed by atoms with Crippen molar-refractivity contribution in [2.24, 2.45) is 5.92 Å². The van der Waals surface area contributed by atoms with Crippen molar-refractivity contribution >= 4 is 16.8 Å². The van der Waals surface area contributed by atoms with Crippen LogP contribution in [0.4, 0.5) is 0 Å². The summed E-state index contributed by atoms with van der Waals surface area (Å²) in [6.45, 7) is 4.09. The predicted octanol–water partition coefficient (Wildman–Crippen LogP) is 2.81. The van der Waals surface area contributed by atoms with E-state index in [1.807, 2.05) is 35.4 Å². The highest BCUT2D eigenvalue weighted by Crippen LogP contribution is 2.20. The SMILES string of the molecule is CC1CCN(C(=O)COc2ccc3[nH]ccc3c2)CC1. The van der Waals surface area contributed by atoms with Crippen LogP contribution in [0, 0.1) is 5.92 Å². The first-order chi connectivity index (χ1) is 9.72. The van der Waals surface area contributed by atoms with Crippen LogP contribution >= 0.6 is 0 Å². The van der Waals surface area contributed by atoms with Crippen molar-refractivity contribution in [3.05, 3.63) is 30.5 Å². The number of hydrogen-bond acceptors (Lipinski definition) is 2. The first-order valence-corrected chi connectivity index (χ1v) is 7.20. The van der Waals surface area contributed by atoms with Crippen LogP contribution in [0.2, 0.25) is 0 Å². The molecule has 1 aliphatic rings. The standard InChI is InChI=1S/C16H20N2O2/c1-12-5-8-18(9-6-12)16(19)11-20-14-2-3-15-13(10-14)4-7-17-15/h2-4,7,10,12,17H,5-6,8-9,11H2,1H3. The zero-order valence-corrected chi connectivity index (χ0v) is 11.8. The Balaban J connectivity index is 1.57. The minimum absolute atomic E-state index is 0.0889. The molecule has 1 amide bonds. The minimum atomic E-state index is 0.0889. The molecule has 0 saturated carbocycles. The number of carbonyl (C=O) groups is 1. The summed E-state index contributed by atoms with van der Waals surface area (Å²) in [7, 11) is 0. The molecule has 1 fully saturated rings. The second kappa shape index (κ2) is 5.57. The normalized spacial score (nSPS) is 16.6. The molecule has 1 saturated heterocycles. The molecule has 0 radical (unpaired) electrons. The molecule has 0 bridgehead atoms. The molecule has 3 rings (SSSR count). The van der Waals surface area contributed by atoms with Crippen molar-refractivity contribution in [2.75, 3.05) is 19.7 Å².